The van der Waals surface area contributed by atoms with E-state index in [4.69, 9.17) is 0 Å². The highest BCUT2D eigenvalue weighted by atomic mass is 15.0. The van der Waals surface area contributed by atoms with Gasteiger partial charge in [0.15, 0.2) is 0 Å². The summed E-state index contributed by atoms with van der Waals surface area (Å²) < 4.78 is 0. The Morgan fingerprint density at radius 2 is 1.56 bits per heavy atom. The van der Waals surface area contributed by atoms with Gasteiger partial charge in [0.25, 0.3) is 0 Å². The molecule has 0 spiro atoms. The van der Waals surface area contributed by atoms with Gasteiger partial charge in [-0.3, -0.25) is 0 Å². The van der Waals surface area contributed by atoms with Crippen molar-refractivity contribution >= 4 is 0 Å². The standard InChI is InChI=1S/C14H28N2/c1-2-3-12-4-6-13(7-5-12)16-14-8-10-15-11-9-14/h12-16H,2-11H2,1H3. The average Bonchev–Trinajstić information content (AvgIpc) is 2.33. The van der Waals surface area contributed by atoms with Crippen LogP contribution in [0.2, 0.25) is 0 Å². The molecule has 0 aromatic carbocycles. The monoisotopic (exact) mass is 224 g/mol. The Labute approximate surface area is 101 Å². The third-order valence-electron chi connectivity index (χ3n) is 4.35. The molecule has 16 heavy (non-hydrogen) atoms. The number of hydrogen-bond donors (Lipinski definition) is 2. The minimum absolute atomic E-state index is 0.800. The summed E-state index contributed by atoms with van der Waals surface area (Å²) in [5.74, 6) is 1.04. The molecule has 0 aromatic rings. The van der Waals surface area contributed by atoms with Gasteiger partial charge in [-0.1, -0.05) is 19.8 Å². The summed E-state index contributed by atoms with van der Waals surface area (Å²) in [5.41, 5.74) is 0. The fourth-order valence-corrected chi connectivity index (χ4v) is 3.35. The molecular formula is C14H28N2. The summed E-state index contributed by atoms with van der Waals surface area (Å²) in [4.78, 5) is 0. The minimum atomic E-state index is 0.800. The highest BCUT2D eigenvalue weighted by Crippen LogP contribution is 2.28. The first-order valence-corrected chi connectivity index (χ1v) is 7.35. The molecule has 2 fully saturated rings. The molecule has 2 nitrogen and oxygen atoms in total. The maximum atomic E-state index is 3.88. The molecule has 0 radical (unpaired) electrons. The lowest BCUT2D eigenvalue weighted by molar-refractivity contribution is 0.247. The van der Waals surface area contributed by atoms with Crippen LogP contribution in [-0.4, -0.2) is 25.2 Å². The smallest absolute Gasteiger partial charge is 0.00938 e. The van der Waals surface area contributed by atoms with E-state index in [-0.39, 0.29) is 0 Å². The van der Waals surface area contributed by atoms with Crippen molar-refractivity contribution < 1.29 is 0 Å². The molecule has 94 valence electrons. The largest absolute Gasteiger partial charge is 0.317 e. The molecule has 1 saturated heterocycles. The van der Waals surface area contributed by atoms with Crippen molar-refractivity contribution in [1.29, 1.82) is 0 Å². The maximum Gasteiger partial charge on any atom is 0.00938 e. The predicted molar refractivity (Wildman–Crippen MR) is 69.7 cm³/mol. The topological polar surface area (TPSA) is 24.1 Å². The minimum Gasteiger partial charge on any atom is -0.317 e. The Bertz CT molecular complexity index is 179. The Balaban J connectivity index is 1.64. The van der Waals surface area contributed by atoms with E-state index >= 15 is 0 Å². The van der Waals surface area contributed by atoms with Gasteiger partial charge in [-0.05, 0) is 57.5 Å². The molecule has 2 rings (SSSR count). The van der Waals surface area contributed by atoms with Gasteiger partial charge in [-0.2, -0.15) is 0 Å². The van der Waals surface area contributed by atoms with Gasteiger partial charge in [0.2, 0.25) is 0 Å². The lowest BCUT2D eigenvalue weighted by Gasteiger charge is -2.33. The number of piperidine rings is 1. The highest BCUT2D eigenvalue weighted by molar-refractivity contribution is 4.82. The average molecular weight is 224 g/mol. The van der Waals surface area contributed by atoms with Crippen molar-refractivity contribution in [3.05, 3.63) is 0 Å². The van der Waals surface area contributed by atoms with Gasteiger partial charge in [0.1, 0.15) is 0 Å². The zero-order valence-corrected chi connectivity index (χ0v) is 10.8. The van der Waals surface area contributed by atoms with Crippen LogP contribution in [0.5, 0.6) is 0 Å². The maximum absolute atomic E-state index is 3.88. The summed E-state index contributed by atoms with van der Waals surface area (Å²) in [6.07, 6.45) is 11.3. The summed E-state index contributed by atoms with van der Waals surface area (Å²) in [6.45, 7) is 4.74. The lowest BCUT2D eigenvalue weighted by Crippen LogP contribution is -2.45. The van der Waals surface area contributed by atoms with Crippen molar-refractivity contribution in [3.8, 4) is 0 Å². The van der Waals surface area contributed by atoms with E-state index in [1.165, 1.54) is 64.5 Å². The number of hydrogen-bond acceptors (Lipinski definition) is 2. The van der Waals surface area contributed by atoms with Crippen LogP contribution in [0.15, 0.2) is 0 Å². The number of rotatable bonds is 4. The van der Waals surface area contributed by atoms with Gasteiger partial charge in [-0.25, -0.2) is 0 Å². The van der Waals surface area contributed by atoms with Crippen molar-refractivity contribution in [2.75, 3.05) is 13.1 Å². The first-order valence-electron chi connectivity index (χ1n) is 7.35. The molecule has 0 aromatic heterocycles. The molecule has 1 heterocycles. The van der Waals surface area contributed by atoms with Crippen molar-refractivity contribution in [3.63, 3.8) is 0 Å². The van der Waals surface area contributed by atoms with Crippen molar-refractivity contribution in [2.45, 2.75) is 70.4 Å². The fourth-order valence-electron chi connectivity index (χ4n) is 3.35. The molecule has 0 atom stereocenters. The molecule has 0 amide bonds. The van der Waals surface area contributed by atoms with Gasteiger partial charge < -0.3 is 10.6 Å². The Kier molecular flexibility index (Phi) is 5.11. The van der Waals surface area contributed by atoms with E-state index in [9.17, 15) is 0 Å². The number of nitrogens with one attached hydrogen (secondary N) is 2. The van der Waals surface area contributed by atoms with Crippen molar-refractivity contribution in [1.82, 2.24) is 10.6 Å². The fraction of sp³-hybridized carbons (Fsp3) is 1.00. The van der Waals surface area contributed by atoms with Crippen LogP contribution in [0.4, 0.5) is 0 Å². The zero-order valence-electron chi connectivity index (χ0n) is 10.8. The first-order chi connectivity index (χ1) is 7.88. The summed E-state index contributed by atoms with van der Waals surface area (Å²) >= 11 is 0. The predicted octanol–water partition coefficient (Wildman–Crippen LogP) is 2.69. The molecule has 0 unspecified atom stereocenters. The molecule has 2 aliphatic rings. The molecule has 2 heteroatoms. The van der Waals surface area contributed by atoms with E-state index in [1.54, 1.807) is 0 Å². The second-order valence-electron chi connectivity index (χ2n) is 5.70. The first kappa shape index (κ1) is 12.4. The van der Waals surface area contributed by atoms with Gasteiger partial charge >= 0.3 is 0 Å². The molecule has 0 bridgehead atoms. The van der Waals surface area contributed by atoms with Gasteiger partial charge in [0.05, 0.1) is 0 Å². The molecule has 1 saturated carbocycles. The SMILES string of the molecule is CCCC1CCC(NC2CCNCC2)CC1. The second-order valence-corrected chi connectivity index (χ2v) is 5.70. The van der Waals surface area contributed by atoms with E-state index in [1.807, 2.05) is 0 Å². The highest BCUT2D eigenvalue weighted by Gasteiger charge is 2.23. The molecule has 1 aliphatic carbocycles. The Morgan fingerprint density at radius 1 is 0.938 bits per heavy atom. The Morgan fingerprint density at radius 3 is 2.19 bits per heavy atom. The van der Waals surface area contributed by atoms with Gasteiger partial charge in [0, 0.05) is 12.1 Å². The van der Waals surface area contributed by atoms with Crippen LogP contribution in [0.25, 0.3) is 0 Å². The third-order valence-corrected chi connectivity index (χ3v) is 4.35. The third kappa shape index (κ3) is 3.74. The van der Waals surface area contributed by atoms with Gasteiger partial charge in [-0.15, -0.1) is 0 Å². The summed E-state index contributed by atoms with van der Waals surface area (Å²) in [5, 5.41) is 7.32. The van der Waals surface area contributed by atoms with E-state index in [0.717, 1.165) is 18.0 Å². The molecule has 1 aliphatic heterocycles. The Hall–Kier alpha value is -0.0800. The van der Waals surface area contributed by atoms with Crippen LogP contribution in [0.3, 0.4) is 0 Å². The van der Waals surface area contributed by atoms with E-state index in [0.29, 0.717) is 0 Å². The summed E-state index contributed by atoms with van der Waals surface area (Å²) in [7, 11) is 0. The normalized spacial score (nSPS) is 32.8. The lowest BCUT2D eigenvalue weighted by atomic mass is 9.83. The van der Waals surface area contributed by atoms with Crippen LogP contribution in [-0.2, 0) is 0 Å². The quantitative estimate of drug-likeness (QED) is 0.767. The molecular weight excluding hydrogens is 196 g/mol. The van der Waals surface area contributed by atoms with Crippen molar-refractivity contribution in [2.24, 2.45) is 5.92 Å². The zero-order chi connectivity index (χ0) is 11.2. The van der Waals surface area contributed by atoms with Crippen LogP contribution in [0.1, 0.15) is 58.3 Å². The van der Waals surface area contributed by atoms with E-state index in [2.05, 4.69) is 17.6 Å². The van der Waals surface area contributed by atoms with Crippen LogP contribution < -0.4 is 10.6 Å². The van der Waals surface area contributed by atoms with Crippen LogP contribution >= 0.6 is 0 Å². The van der Waals surface area contributed by atoms with Crippen LogP contribution in [0, 0.1) is 5.92 Å². The van der Waals surface area contributed by atoms with E-state index < -0.39 is 0 Å². The summed E-state index contributed by atoms with van der Waals surface area (Å²) in [6, 6.07) is 1.63. The second kappa shape index (κ2) is 6.61. The molecule has 2 N–H and O–H groups in total.